The van der Waals surface area contributed by atoms with Crippen molar-refractivity contribution in [3.05, 3.63) is 77.6 Å². The normalized spacial score (nSPS) is 15.2. The molecule has 4 heterocycles. The molecule has 3 aromatic heterocycles. The van der Waals surface area contributed by atoms with Gasteiger partial charge in [-0.1, -0.05) is 12.1 Å². The van der Waals surface area contributed by atoms with Crippen molar-refractivity contribution in [2.24, 2.45) is 0 Å². The van der Waals surface area contributed by atoms with Crippen LogP contribution in [0.3, 0.4) is 0 Å². The Labute approximate surface area is 189 Å². The molecule has 5 rings (SSSR count). The maximum atomic E-state index is 13.0. The molecule has 0 saturated carbocycles. The monoisotopic (exact) mass is 443 g/mol. The van der Waals surface area contributed by atoms with Crippen LogP contribution < -0.4 is 9.47 Å². The molecular formula is C24H21N5O4. The molecule has 33 heavy (non-hydrogen) atoms. The molecule has 9 heteroatoms. The largest absolute Gasteiger partial charge is 0.497 e. The predicted octanol–water partition coefficient (Wildman–Crippen LogP) is 3.56. The molecule has 0 bridgehead atoms. The number of benzene rings is 1. The van der Waals surface area contributed by atoms with E-state index in [1.807, 2.05) is 36.4 Å². The zero-order chi connectivity index (χ0) is 22.9. The third-order valence-electron chi connectivity index (χ3n) is 5.46. The van der Waals surface area contributed by atoms with E-state index in [1.54, 1.807) is 44.2 Å². The summed E-state index contributed by atoms with van der Waals surface area (Å²) in [6.45, 7) is 3.76. The summed E-state index contributed by atoms with van der Waals surface area (Å²) in [4.78, 5) is 26.4. The molecule has 0 saturated heterocycles. The lowest BCUT2D eigenvalue weighted by Gasteiger charge is -2.28. The third-order valence-corrected chi connectivity index (χ3v) is 5.46. The van der Waals surface area contributed by atoms with E-state index in [0.717, 1.165) is 11.1 Å². The van der Waals surface area contributed by atoms with Crippen molar-refractivity contribution in [2.75, 3.05) is 13.7 Å². The number of nitrogens with zero attached hydrogens (tertiary/aromatic N) is 5. The second-order valence-electron chi connectivity index (χ2n) is 7.41. The van der Waals surface area contributed by atoms with Crippen LogP contribution in [0.5, 0.6) is 11.6 Å². The van der Waals surface area contributed by atoms with E-state index in [2.05, 4.69) is 15.1 Å². The highest BCUT2D eigenvalue weighted by molar-refractivity contribution is 5.93. The zero-order valence-corrected chi connectivity index (χ0v) is 18.3. The minimum absolute atomic E-state index is 0.246. The number of pyridine rings is 1. The molecule has 0 radical (unpaired) electrons. The van der Waals surface area contributed by atoms with Gasteiger partial charge >= 0.3 is 5.97 Å². The minimum Gasteiger partial charge on any atom is -0.497 e. The SMILES string of the molecule is CCOC(=O)C1=C(C)Oc2ncn3nc(-c4cccnc4)nc3c2[C@@H]1c1ccc(OC)cc1. The molecule has 0 spiro atoms. The van der Waals surface area contributed by atoms with E-state index in [9.17, 15) is 4.79 Å². The van der Waals surface area contributed by atoms with Gasteiger partial charge < -0.3 is 14.2 Å². The zero-order valence-electron chi connectivity index (χ0n) is 18.3. The van der Waals surface area contributed by atoms with Crippen LogP contribution in [0.1, 0.15) is 30.9 Å². The van der Waals surface area contributed by atoms with Crippen molar-refractivity contribution in [1.82, 2.24) is 24.6 Å². The Morgan fingerprint density at radius 3 is 2.73 bits per heavy atom. The van der Waals surface area contributed by atoms with E-state index in [1.165, 1.54) is 0 Å². The summed E-state index contributed by atoms with van der Waals surface area (Å²) >= 11 is 0. The number of ether oxygens (including phenoxy) is 3. The van der Waals surface area contributed by atoms with Gasteiger partial charge in [0.25, 0.3) is 0 Å². The number of methoxy groups -OCH3 is 1. The molecule has 0 fully saturated rings. The Hall–Kier alpha value is -4.27. The fraction of sp³-hybridized carbons (Fsp3) is 0.208. The highest BCUT2D eigenvalue weighted by Crippen LogP contribution is 2.44. The van der Waals surface area contributed by atoms with Crippen molar-refractivity contribution in [2.45, 2.75) is 19.8 Å². The molecule has 166 valence electrons. The maximum Gasteiger partial charge on any atom is 0.338 e. The van der Waals surface area contributed by atoms with E-state index >= 15 is 0 Å². The molecule has 0 aliphatic carbocycles. The summed E-state index contributed by atoms with van der Waals surface area (Å²) in [5, 5.41) is 4.57. The molecule has 4 aromatic rings. The lowest BCUT2D eigenvalue weighted by atomic mass is 9.83. The molecule has 1 aliphatic heterocycles. The molecule has 0 N–H and O–H groups in total. The first-order valence-electron chi connectivity index (χ1n) is 10.5. The Bertz CT molecular complexity index is 1360. The number of fused-ring (bicyclic) bond motifs is 3. The van der Waals surface area contributed by atoms with Gasteiger partial charge in [-0.25, -0.2) is 19.3 Å². The standard InChI is InChI=1S/C24H21N5O4/c1-4-32-24(30)18-14(2)33-23-20(19(18)15-7-9-17(31-3)10-8-15)22-27-21(28-29(22)13-26-23)16-6-5-11-25-12-16/h5-13,19H,4H2,1-3H3/t19-/m1/s1. The first kappa shape index (κ1) is 20.6. The number of hydrogen-bond donors (Lipinski definition) is 0. The number of carbonyl (C=O) groups excluding carboxylic acids is 1. The fourth-order valence-electron chi connectivity index (χ4n) is 3.96. The molecular weight excluding hydrogens is 422 g/mol. The summed E-state index contributed by atoms with van der Waals surface area (Å²) in [5.41, 5.74) is 3.19. The third kappa shape index (κ3) is 3.57. The van der Waals surface area contributed by atoms with Gasteiger partial charge in [0.2, 0.25) is 5.88 Å². The first-order valence-corrected chi connectivity index (χ1v) is 10.5. The summed E-state index contributed by atoms with van der Waals surface area (Å²) in [5.74, 6) is 1.05. The van der Waals surface area contributed by atoms with E-state index < -0.39 is 11.9 Å². The Morgan fingerprint density at radius 2 is 2.03 bits per heavy atom. The number of allylic oxidation sites excluding steroid dienone is 1. The van der Waals surface area contributed by atoms with E-state index in [-0.39, 0.29) is 6.61 Å². The van der Waals surface area contributed by atoms with Crippen LogP contribution in [-0.2, 0) is 9.53 Å². The number of aromatic nitrogens is 5. The molecule has 9 nitrogen and oxygen atoms in total. The van der Waals surface area contributed by atoms with Gasteiger partial charge in [-0.3, -0.25) is 4.98 Å². The van der Waals surface area contributed by atoms with Gasteiger partial charge in [0.05, 0.1) is 30.8 Å². The van der Waals surface area contributed by atoms with Crippen molar-refractivity contribution in [3.63, 3.8) is 0 Å². The van der Waals surface area contributed by atoms with Gasteiger partial charge in [-0.2, -0.15) is 0 Å². The van der Waals surface area contributed by atoms with E-state index in [0.29, 0.717) is 40.0 Å². The topological polar surface area (TPSA) is 101 Å². The summed E-state index contributed by atoms with van der Waals surface area (Å²) < 4.78 is 18.3. The van der Waals surface area contributed by atoms with E-state index in [4.69, 9.17) is 19.2 Å². The van der Waals surface area contributed by atoms with Crippen LogP contribution in [-0.4, -0.2) is 44.3 Å². The molecule has 0 amide bonds. The quantitative estimate of drug-likeness (QED) is 0.432. The molecule has 0 unspecified atom stereocenters. The highest BCUT2D eigenvalue weighted by Gasteiger charge is 2.38. The first-order chi connectivity index (χ1) is 16.1. The van der Waals surface area contributed by atoms with Crippen LogP contribution in [0.4, 0.5) is 0 Å². The number of esters is 1. The van der Waals surface area contributed by atoms with Gasteiger partial charge in [-0.15, -0.1) is 5.10 Å². The average molecular weight is 443 g/mol. The predicted molar refractivity (Wildman–Crippen MR) is 119 cm³/mol. The number of carbonyl (C=O) groups is 1. The van der Waals surface area contributed by atoms with Gasteiger partial charge in [0, 0.05) is 18.0 Å². The summed E-state index contributed by atoms with van der Waals surface area (Å²) in [6.07, 6.45) is 4.93. The number of rotatable bonds is 5. The summed E-state index contributed by atoms with van der Waals surface area (Å²) in [7, 11) is 1.61. The summed E-state index contributed by atoms with van der Waals surface area (Å²) in [6, 6.07) is 11.2. The molecule has 1 aromatic carbocycles. The van der Waals surface area contributed by atoms with Crippen molar-refractivity contribution >= 4 is 11.6 Å². The van der Waals surface area contributed by atoms with Crippen LogP contribution in [0.15, 0.2) is 66.5 Å². The van der Waals surface area contributed by atoms with Crippen LogP contribution >= 0.6 is 0 Å². The highest BCUT2D eigenvalue weighted by atomic mass is 16.5. The van der Waals surface area contributed by atoms with Crippen molar-refractivity contribution < 1.29 is 19.0 Å². The van der Waals surface area contributed by atoms with Gasteiger partial charge in [-0.05, 0) is 43.7 Å². The minimum atomic E-state index is -0.513. The fourth-order valence-corrected chi connectivity index (χ4v) is 3.96. The number of hydrogen-bond acceptors (Lipinski definition) is 8. The van der Waals surface area contributed by atoms with Crippen molar-refractivity contribution in [3.8, 4) is 23.0 Å². The van der Waals surface area contributed by atoms with Crippen LogP contribution in [0, 0.1) is 0 Å². The average Bonchev–Trinajstić information content (AvgIpc) is 3.28. The van der Waals surface area contributed by atoms with Gasteiger partial charge in [0.1, 0.15) is 17.8 Å². The Balaban J connectivity index is 1.74. The second kappa shape index (κ2) is 8.34. The smallest absolute Gasteiger partial charge is 0.338 e. The molecule has 1 aliphatic rings. The lowest BCUT2D eigenvalue weighted by Crippen LogP contribution is -2.24. The van der Waals surface area contributed by atoms with Crippen LogP contribution in [0.25, 0.3) is 17.0 Å². The second-order valence-corrected chi connectivity index (χ2v) is 7.41. The maximum absolute atomic E-state index is 13.0. The Morgan fingerprint density at radius 1 is 1.21 bits per heavy atom. The van der Waals surface area contributed by atoms with Crippen LogP contribution in [0.2, 0.25) is 0 Å². The lowest BCUT2D eigenvalue weighted by molar-refractivity contribution is -0.139. The Kier molecular flexibility index (Phi) is 5.21. The van der Waals surface area contributed by atoms with Gasteiger partial charge in [0.15, 0.2) is 11.5 Å². The van der Waals surface area contributed by atoms with Crippen molar-refractivity contribution in [1.29, 1.82) is 0 Å². The molecule has 1 atom stereocenters.